The van der Waals surface area contributed by atoms with E-state index in [4.69, 9.17) is 9.47 Å². The van der Waals surface area contributed by atoms with Gasteiger partial charge in [-0.05, 0) is 33.1 Å². The first-order valence-electron chi connectivity index (χ1n) is 5.81. The van der Waals surface area contributed by atoms with Crippen molar-refractivity contribution < 1.29 is 14.6 Å². The second-order valence-electron chi connectivity index (χ2n) is 5.39. The van der Waals surface area contributed by atoms with Crippen LogP contribution >= 0.6 is 0 Å². The van der Waals surface area contributed by atoms with Gasteiger partial charge in [-0.25, -0.2) is 0 Å². The summed E-state index contributed by atoms with van der Waals surface area (Å²) in [5.41, 5.74) is -0.788. The van der Waals surface area contributed by atoms with Crippen molar-refractivity contribution in [3.05, 3.63) is 0 Å². The van der Waals surface area contributed by atoms with Gasteiger partial charge in [-0.15, -0.1) is 0 Å². The first kappa shape index (κ1) is 12.9. The number of ether oxygens (including phenoxy) is 2. The molecule has 3 atom stereocenters. The van der Waals surface area contributed by atoms with E-state index < -0.39 is 11.4 Å². The second-order valence-corrected chi connectivity index (χ2v) is 5.39. The van der Waals surface area contributed by atoms with E-state index >= 15 is 0 Å². The minimum Gasteiger partial charge on any atom is -0.387 e. The Hall–Kier alpha value is -0.120. The smallest absolute Gasteiger partial charge is 0.163 e. The van der Waals surface area contributed by atoms with Gasteiger partial charge in [0.15, 0.2) is 5.79 Å². The summed E-state index contributed by atoms with van der Waals surface area (Å²) in [6, 6.07) is 0. The summed E-state index contributed by atoms with van der Waals surface area (Å²) < 4.78 is 11.2. The number of hydrogen-bond donors (Lipinski definition) is 1. The van der Waals surface area contributed by atoms with Crippen LogP contribution in [0.3, 0.4) is 0 Å². The molecule has 1 N–H and O–H groups in total. The largest absolute Gasteiger partial charge is 0.387 e. The van der Waals surface area contributed by atoms with Gasteiger partial charge in [0, 0.05) is 0 Å². The van der Waals surface area contributed by atoms with Gasteiger partial charge < -0.3 is 14.6 Å². The highest BCUT2D eigenvalue weighted by atomic mass is 16.7. The van der Waals surface area contributed by atoms with Gasteiger partial charge in [-0.2, -0.15) is 0 Å². The Kier molecular flexibility index (Phi) is 3.80. The summed E-state index contributed by atoms with van der Waals surface area (Å²) >= 11 is 0. The standard InChI is InChI=1S/C12H24O3/c1-6-9(2)7-12(5,13)10-8-14-11(3,4)15-10/h9-10,13H,6-8H2,1-5H3/t9-,10+,12+/m0/s1. The minimum absolute atomic E-state index is 0.207. The van der Waals surface area contributed by atoms with Crippen molar-refractivity contribution >= 4 is 0 Å². The van der Waals surface area contributed by atoms with Gasteiger partial charge in [0.2, 0.25) is 0 Å². The maximum atomic E-state index is 10.3. The van der Waals surface area contributed by atoms with E-state index in [0.717, 1.165) is 12.8 Å². The highest BCUT2D eigenvalue weighted by Crippen LogP contribution is 2.32. The quantitative estimate of drug-likeness (QED) is 0.784. The average Bonchev–Trinajstić information content (AvgIpc) is 2.45. The van der Waals surface area contributed by atoms with E-state index in [2.05, 4.69) is 13.8 Å². The van der Waals surface area contributed by atoms with Crippen molar-refractivity contribution in [1.82, 2.24) is 0 Å². The topological polar surface area (TPSA) is 38.7 Å². The summed E-state index contributed by atoms with van der Waals surface area (Å²) in [6.07, 6.45) is 1.63. The van der Waals surface area contributed by atoms with E-state index in [1.807, 2.05) is 20.8 Å². The molecular formula is C12H24O3. The fraction of sp³-hybridized carbons (Fsp3) is 1.00. The Labute approximate surface area is 92.8 Å². The van der Waals surface area contributed by atoms with Gasteiger partial charge >= 0.3 is 0 Å². The zero-order valence-electron chi connectivity index (χ0n) is 10.5. The molecule has 1 heterocycles. The Bertz CT molecular complexity index is 211. The van der Waals surface area contributed by atoms with E-state index in [0.29, 0.717) is 12.5 Å². The molecule has 0 aromatic heterocycles. The highest BCUT2D eigenvalue weighted by molar-refractivity contribution is 4.88. The fourth-order valence-corrected chi connectivity index (χ4v) is 1.97. The molecule has 1 fully saturated rings. The number of rotatable bonds is 4. The Balaban J connectivity index is 2.55. The van der Waals surface area contributed by atoms with E-state index in [1.54, 1.807) is 0 Å². The maximum absolute atomic E-state index is 10.3. The molecule has 0 aliphatic carbocycles. The fourth-order valence-electron chi connectivity index (χ4n) is 1.97. The molecule has 0 aromatic carbocycles. The lowest BCUT2D eigenvalue weighted by Crippen LogP contribution is -2.43. The molecule has 0 saturated carbocycles. The molecule has 3 nitrogen and oxygen atoms in total. The first-order valence-corrected chi connectivity index (χ1v) is 5.81. The van der Waals surface area contributed by atoms with Gasteiger partial charge in [0.25, 0.3) is 0 Å². The van der Waals surface area contributed by atoms with E-state index in [1.165, 1.54) is 0 Å². The van der Waals surface area contributed by atoms with Gasteiger partial charge in [0.05, 0.1) is 12.2 Å². The lowest BCUT2D eigenvalue weighted by atomic mass is 9.87. The Morgan fingerprint density at radius 2 is 2.13 bits per heavy atom. The van der Waals surface area contributed by atoms with Crippen molar-refractivity contribution in [3.8, 4) is 0 Å². The van der Waals surface area contributed by atoms with Crippen LogP contribution in [0.2, 0.25) is 0 Å². The molecule has 0 radical (unpaired) electrons. The lowest BCUT2D eigenvalue weighted by molar-refractivity contribution is -0.169. The summed E-state index contributed by atoms with van der Waals surface area (Å²) in [7, 11) is 0. The molecule has 0 amide bonds. The third kappa shape index (κ3) is 3.44. The average molecular weight is 216 g/mol. The number of hydrogen-bond acceptors (Lipinski definition) is 3. The molecule has 1 aliphatic heterocycles. The molecule has 0 unspecified atom stereocenters. The SMILES string of the molecule is CC[C@H](C)C[C@@](C)(O)[C@H]1COC(C)(C)O1. The number of aliphatic hydroxyl groups is 1. The van der Waals surface area contributed by atoms with Crippen LogP contribution < -0.4 is 0 Å². The maximum Gasteiger partial charge on any atom is 0.163 e. The molecule has 1 rings (SSSR count). The predicted octanol–water partition coefficient (Wildman–Crippen LogP) is 2.33. The van der Waals surface area contributed by atoms with Crippen LogP contribution in [-0.2, 0) is 9.47 Å². The van der Waals surface area contributed by atoms with Crippen molar-refractivity contribution in [2.75, 3.05) is 6.61 Å². The van der Waals surface area contributed by atoms with Crippen LogP contribution in [-0.4, -0.2) is 29.2 Å². The first-order chi connectivity index (χ1) is 6.77. The lowest BCUT2D eigenvalue weighted by Gasteiger charge is -2.31. The summed E-state index contributed by atoms with van der Waals surface area (Å²) in [5, 5.41) is 10.3. The van der Waals surface area contributed by atoms with Crippen molar-refractivity contribution in [1.29, 1.82) is 0 Å². The van der Waals surface area contributed by atoms with E-state index in [9.17, 15) is 5.11 Å². The van der Waals surface area contributed by atoms with Crippen molar-refractivity contribution in [2.45, 2.75) is 65.0 Å². The molecule has 15 heavy (non-hydrogen) atoms. The van der Waals surface area contributed by atoms with Gasteiger partial charge in [-0.1, -0.05) is 20.3 Å². The molecular weight excluding hydrogens is 192 g/mol. The van der Waals surface area contributed by atoms with Crippen LogP contribution in [0.25, 0.3) is 0 Å². The predicted molar refractivity (Wildman–Crippen MR) is 59.6 cm³/mol. The van der Waals surface area contributed by atoms with Crippen molar-refractivity contribution in [3.63, 3.8) is 0 Å². The third-order valence-electron chi connectivity index (χ3n) is 3.16. The summed E-state index contributed by atoms with van der Waals surface area (Å²) in [4.78, 5) is 0. The molecule has 3 heteroatoms. The molecule has 1 saturated heterocycles. The van der Waals surface area contributed by atoms with Gasteiger partial charge in [-0.3, -0.25) is 0 Å². The molecule has 0 bridgehead atoms. The minimum atomic E-state index is -0.788. The zero-order valence-corrected chi connectivity index (χ0v) is 10.5. The van der Waals surface area contributed by atoms with Crippen LogP contribution in [0, 0.1) is 5.92 Å². The van der Waals surface area contributed by atoms with Crippen molar-refractivity contribution in [2.24, 2.45) is 5.92 Å². The molecule has 0 spiro atoms. The highest BCUT2D eigenvalue weighted by Gasteiger charge is 2.43. The monoisotopic (exact) mass is 216 g/mol. The third-order valence-corrected chi connectivity index (χ3v) is 3.16. The van der Waals surface area contributed by atoms with Crippen LogP contribution in [0.15, 0.2) is 0 Å². The molecule has 1 aliphatic rings. The summed E-state index contributed by atoms with van der Waals surface area (Å²) in [6.45, 7) is 10.4. The zero-order chi connectivity index (χ0) is 11.7. The molecule has 0 aromatic rings. The van der Waals surface area contributed by atoms with Crippen LogP contribution in [0.5, 0.6) is 0 Å². The van der Waals surface area contributed by atoms with Crippen LogP contribution in [0.1, 0.15) is 47.5 Å². The Morgan fingerprint density at radius 3 is 2.53 bits per heavy atom. The van der Waals surface area contributed by atoms with Gasteiger partial charge in [0.1, 0.15) is 6.10 Å². The van der Waals surface area contributed by atoms with E-state index in [-0.39, 0.29) is 6.10 Å². The normalized spacial score (nSPS) is 31.2. The second kappa shape index (κ2) is 4.40. The Morgan fingerprint density at radius 1 is 1.53 bits per heavy atom. The summed E-state index contributed by atoms with van der Waals surface area (Å²) in [5.74, 6) is -0.0447. The molecule has 90 valence electrons. The van der Waals surface area contributed by atoms with Crippen LogP contribution in [0.4, 0.5) is 0 Å².